The molecule has 0 saturated carbocycles. The fraction of sp³-hybridized carbons (Fsp3) is 0.450. The number of carbonyl (C=O) groups is 5. The lowest BCUT2D eigenvalue weighted by molar-refractivity contribution is -0.293. The summed E-state index contributed by atoms with van der Waals surface area (Å²) in [6, 6.07) is 7.81. The summed E-state index contributed by atoms with van der Waals surface area (Å²) in [5.41, 5.74) is 5.58. The standard InChI is InChI=1S/C20H23NO11/c1-9(22)28-15-13(25)16(32-20(30-11(3)24)17(15)29-10(2)23)19(27)31-14(18(21)26)12-7-5-4-6-8-12/h4-8,13-17,20,25H,1-3H3,(H2,21,26)/t13-,14?,15-,16-,17+,20+/m0/s1. The van der Waals surface area contributed by atoms with Crippen molar-refractivity contribution in [3.63, 3.8) is 0 Å². The summed E-state index contributed by atoms with van der Waals surface area (Å²) in [6.45, 7) is 3.06. The zero-order valence-electron chi connectivity index (χ0n) is 17.5. The van der Waals surface area contributed by atoms with Gasteiger partial charge >= 0.3 is 23.9 Å². The summed E-state index contributed by atoms with van der Waals surface area (Å²) in [6.07, 6.45) is -10.3. The molecule has 12 nitrogen and oxygen atoms in total. The van der Waals surface area contributed by atoms with Crippen molar-refractivity contribution in [2.45, 2.75) is 57.6 Å². The lowest BCUT2D eigenvalue weighted by atomic mass is 9.98. The van der Waals surface area contributed by atoms with E-state index in [-0.39, 0.29) is 5.56 Å². The molecule has 0 bridgehead atoms. The summed E-state index contributed by atoms with van der Waals surface area (Å²) in [5, 5.41) is 10.7. The molecule has 1 aliphatic heterocycles. The van der Waals surface area contributed by atoms with Crippen LogP contribution in [0.2, 0.25) is 0 Å². The fourth-order valence-electron chi connectivity index (χ4n) is 3.02. The third-order valence-corrected chi connectivity index (χ3v) is 4.23. The lowest BCUT2D eigenvalue weighted by Crippen LogP contribution is -2.63. The summed E-state index contributed by atoms with van der Waals surface area (Å²) in [4.78, 5) is 59.2. The monoisotopic (exact) mass is 453 g/mol. The molecule has 1 aromatic rings. The molecule has 174 valence electrons. The first kappa shape index (κ1) is 24.8. The smallest absolute Gasteiger partial charge is 0.339 e. The second kappa shape index (κ2) is 10.7. The molecular formula is C20H23NO11. The van der Waals surface area contributed by atoms with E-state index in [1.54, 1.807) is 18.2 Å². The molecule has 2 rings (SSSR count). The van der Waals surface area contributed by atoms with E-state index >= 15 is 0 Å². The van der Waals surface area contributed by atoms with Crippen LogP contribution in [0.5, 0.6) is 0 Å². The third kappa shape index (κ3) is 6.25. The Hall–Kier alpha value is -3.51. The number of esters is 4. The van der Waals surface area contributed by atoms with E-state index in [4.69, 9.17) is 29.4 Å². The number of rotatable bonds is 7. The van der Waals surface area contributed by atoms with Crippen LogP contribution in [0.4, 0.5) is 0 Å². The van der Waals surface area contributed by atoms with Crippen molar-refractivity contribution in [2.24, 2.45) is 5.73 Å². The Kier molecular flexibility index (Phi) is 8.27. The SMILES string of the molecule is CC(=O)O[C@@H]1O[C@H](C(=O)OC(C(N)=O)c2ccccc2)[C@@H](O)[C@H](OC(C)=O)[C@H]1OC(C)=O. The molecule has 0 spiro atoms. The molecule has 3 N–H and O–H groups in total. The number of primary amides is 1. The van der Waals surface area contributed by atoms with Gasteiger partial charge in [-0.05, 0) is 0 Å². The van der Waals surface area contributed by atoms with E-state index in [9.17, 15) is 29.1 Å². The van der Waals surface area contributed by atoms with Crippen LogP contribution < -0.4 is 5.73 Å². The zero-order valence-corrected chi connectivity index (χ0v) is 17.5. The molecule has 12 heteroatoms. The van der Waals surface area contributed by atoms with Gasteiger partial charge in [0, 0.05) is 26.3 Å². The van der Waals surface area contributed by atoms with Crippen LogP contribution in [0.15, 0.2) is 30.3 Å². The summed E-state index contributed by atoms with van der Waals surface area (Å²) in [7, 11) is 0. The molecule has 1 heterocycles. The second-order valence-corrected chi connectivity index (χ2v) is 6.80. The van der Waals surface area contributed by atoms with E-state index in [0.29, 0.717) is 0 Å². The number of hydrogen-bond donors (Lipinski definition) is 2. The van der Waals surface area contributed by atoms with Crippen molar-refractivity contribution >= 4 is 29.8 Å². The van der Waals surface area contributed by atoms with Crippen LogP contribution in [0, 0.1) is 0 Å². The minimum absolute atomic E-state index is 0.254. The number of aliphatic hydroxyl groups is 1. The van der Waals surface area contributed by atoms with Gasteiger partial charge in [0.15, 0.2) is 12.2 Å². The first-order valence-electron chi connectivity index (χ1n) is 9.41. The highest BCUT2D eigenvalue weighted by Crippen LogP contribution is 2.29. The van der Waals surface area contributed by atoms with Crippen molar-refractivity contribution in [1.29, 1.82) is 0 Å². The average molecular weight is 453 g/mol. The molecule has 1 aromatic carbocycles. The normalized spacial score (nSPS) is 25.7. The highest BCUT2D eigenvalue weighted by atomic mass is 16.7. The van der Waals surface area contributed by atoms with Crippen molar-refractivity contribution < 1.29 is 52.8 Å². The minimum atomic E-state index is -1.91. The van der Waals surface area contributed by atoms with Crippen molar-refractivity contribution in [3.8, 4) is 0 Å². The minimum Gasteiger partial charge on any atom is -0.455 e. The fourth-order valence-corrected chi connectivity index (χ4v) is 3.02. The molecular weight excluding hydrogens is 430 g/mol. The third-order valence-electron chi connectivity index (χ3n) is 4.23. The van der Waals surface area contributed by atoms with E-state index in [1.807, 2.05) is 0 Å². The van der Waals surface area contributed by atoms with Crippen LogP contribution in [0.1, 0.15) is 32.4 Å². The van der Waals surface area contributed by atoms with E-state index in [2.05, 4.69) is 0 Å². The molecule has 0 radical (unpaired) electrons. The quantitative estimate of drug-likeness (QED) is 0.393. The van der Waals surface area contributed by atoms with Gasteiger partial charge in [-0.1, -0.05) is 30.3 Å². The van der Waals surface area contributed by atoms with Gasteiger partial charge in [0.05, 0.1) is 0 Å². The summed E-state index contributed by atoms with van der Waals surface area (Å²) >= 11 is 0. The van der Waals surface area contributed by atoms with Crippen LogP contribution in [-0.2, 0) is 47.7 Å². The van der Waals surface area contributed by atoms with Gasteiger partial charge in [0.2, 0.25) is 18.5 Å². The van der Waals surface area contributed by atoms with Crippen LogP contribution >= 0.6 is 0 Å². The van der Waals surface area contributed by atoms with Gasteiger partial charge in [0.25, 0.3) is 5.91 Å². The number of benzene rings is 1. The van der Waals surface area contributed by atoms with Gasteiger partial charge in [-0.25, -0.2) is 4.79 Å². The van der Waals surface area contributed by atoms with Crippen LogP contribution in [-0.4, -0.2) is 65.6 Å². The van der Waals surface area contributed by atoms with E-state index in [0.717, 1.165) is 20.8 Å². The Labute approximate surface area is 182 Å². The van der Waals surface area contributed by atoms with Gasteiger partial charge in [-0.3, -0.25) is 19.2 Å². The predicted molar refractivity (Wildman–Crippen MR) is 102 cm³/mol. The van der Waals surface area contributed by atoms with Gasteiger partial charge in [-0.2, -0.15) is 0 Å². The first-order chi connectivity index (χ1) is 15.0. The zero-order chi connectivity index (χ0) is 24.0. The maximum absolute atomic E-state index is 12.8. The molecule has 32 heavy (non-hydrogen) atoms. The summed E-state index contributed by atoms with van der Waals surface area (Å²) < 4.78 is 25.4. The molecule has 1 amide bonds. The van der Waals surface area contributed by atoms with Crippen LogP contribution in [0.25, 0.3) is 0 Å². The van der Waals surface area contributed by atoms with E-state index < -0.39 is 66.6 Å². The maximum Gasteiger partial charge on any atom is 0.339 e. The Bertz CT molecular complexity index is 872. The topological polar surface area (TPSA) is 178 Å². The van der Waals surface area contributed by atoms with E-state index in [1.165, 1.54) is 12.1 Å². The number of amides is 1. The van der Waals surface area contributed by atoms with Crippen molar-refractivity contribution in [2.75, 3.05) is 0 Å². The van der Waals surface area contributed by atoms with Crippen molar-refractivity contribution in [3.05, 3.63) is 35.9 Å². The Balaban J connectivity index is 2.35. The molecule has 0 aromatic heterocycles. The summed E-state index contributed by atoms with van der Waals surface area (Å²) in [5.74, 6) is -4.89. The molecule has 1 fully saturated rings. The Morgan fingerprint density at radius 3 is 1.94 bits per heavy atom. The number of carbonyl (C=O) groups excluding carboxylic acids is 5. The maximum atomic E-state index is 12.8. The molecule has 0 aliphatic carbocycles. The number of nitrogens with two attached hydrogens (primary N) is 1. The Morgan fingerprint density at radius 1 is 0.906 bits per heavy atom. The van der Waals surface area contributed by atoms with Gasteiger partial charge in [-0.15, -0.1) is 0 Å². The predicted octanol–water partition coefficient (Wildman–Crippen LogP) is -0.731. The number of ether oxygens (including phenoxy) is 5. The van der Waals surface area contributed by atoms with Crippen LogP contribution in [0.3, 0.4) is 0 Å². The highest BCUT2D eigenvalue weighted by molar-refractivity contribution is 5.85. The van der Waals surface area contributed by atoms with Crippen molar-refractivity contribution in [1.82, 2.24) is 0 Å². The number of aliphatic hydroxyl groups excluding tert-OH is 1. The van der Waals surface area contributed by atoms with Gasteiger partial charge in [0.1, 0.15) is 6.10 Å². The molecule has 6 atom stereocenters. The van der Waals surface area contributed by atoms with Gasteiger partial charge < -0.3 is 34.5 Å². The highest BCUT2D eigenvalue weighted by Gasteiger charge is 2.54. The largest absolute Gasteiger partial charge is 0.455 e. The molecule has 1 aliphatic rings. The average Bonchev–Trinajstić information content (AvgIpc) is 2.70. The molecule has 1 saturated heterocycles. The second-order valence-electron chi connectivity index (χ2n) is 6.80. The lowest BCUT2D eigenvalue weighted by Gasteiger charge is -2.41. The molecule has 1 unspecified atom stereocenters. The number of hydrogen-bond acceptors (Lipinski definition) is 11. The first-order valence-corrected chi connectivity index (χ1v) is 9.41. The Morgan fingerprint density at radius 2 is 1.44 bits per heavy atom.